The first-order valence-electron chi connectivity index (χ1n) is 11.7. The van der Waals surface area contributed by atoms with E-state index in [-0.39, 0.29) is 36.6 Å². The van der Waals surface area contributed by atoms with E-state index in [4.69, 9.17) is 4.74 Å². The van der Waals surface area contributed by atoms with Crippen molar-refractivity contribution >= 4 is 27.8 Å². The molecule has 0 bridgehead atoms. The lowest BCUT2D eigenvalue weighted by Crippen LogP contribution is -2.41. The van der Waals surface area contributed by atoms with E-state index in [1.54, 1.807) is 36.4 Å². The zero-order valence-electron chi connectivity index (χ0n) is 20.2. The molecule has 4 rings (SSSR count). The number of hydrogen-bond acceptors (Lipinski definition) is 6. The molecular weight excluding hydrogens is 468 g/mol. The number of sulfonamides is 1. The Hall–Kier alpha value is -3.04. The second-order valence-electron chi connectivity index (χ2n) is 9.93. The van der Waals surface area contributed by atoms with E-state index in [0.717, 1.165) is 10.5 Å². The SMILES string of the molecule is CC(C)(C)c1ccc(S(=O)(=O)N2CCC(C(=O)OCCN3C(=O)c4ccccc4C3=O)CC2)cc1. The number of hydrogen-bond donors (Lipinski definition) is 0. The van der Waals surface area contributed by atoms with Crippen molar-refractivity contribution in [2.75, 3.05) is 26.2 Å². The average Bonchev–Trinajstić information content (AvgIpc) is 3.08. The van der Waals surface area contributed by atoms with Crippen LogP contribution in [0.2, 0.25) is 0 Å². The van der Waals surface area contributed by atoms with E-state index in [0.29, 0.717) is 24.0 Å². The van der Waals surface area contributed by atoms with Crippen molar-refractivity contribution in [1.29, 1.82) is 0 Å². The van der Waals surface area contributed by atoms with Crippen LogP contribution in [0.3, 0.4) is 0 Å². The molecule has 186 valence electrons. The van der Waals surface area contributed by atoms with Crippen LogP contribution in [-0.2, 0) is 25.0 Å². The van der Waals surface area contributed by atoms with Crippen LogP contribution in [0.1, 0.15) is 59.9 Å². The normalized spacial score (nSPS) is 17.5. The Morgan fingerprint density at radius 3 is 2.00 bits per heavy atom. The van der Waals surface area contributed by atoms with Crippen molar-refractivity contribution in [3.63, 3.8) is 0 Å². The number of nitrogens with zero attached hydrogens (tertiary/aromatic N) is 2. The number of fused-ring (bicyclic) bond motifs is 1. The highest BCUT2D eigenvalue weighted by Crippen LogP contribution is 2.28. The third-order valence-corrected chi connectivity index (χ3v) is 8.50. The van der Waals surface area contributed by atoms with Gasteiger partial charge in [0.1, 0.15) is 6.61 Å². The Morgan fingerprint density at radius 2 is 1.49 bits per heavy atom. The summed E-state index contributed by atoms with van der Waals surface area (Å²) < 4.78 is 32.8. The smallest absolute Gasteiger partial charge is 0.309 e. The van der Waals surface area contributed by atoms with Crippen LogP contribution < -0.4 is 0 Å². The molecule has 1 fully saturated rings. The molecule has 2 heterocycles. The Kier molecular flexibility index (Phi) is 6.83. The summed E-state index contributed by atoms with van der Waals surface area (Å²) in [6.07, 6.45) is 0.705. The van der Waals surface area contributed by atoms with Gasteiger partial charge in [0.2, 0.25) is 10.0 Å². The van der Waals surface area contributed by atoms with E-state index >= 15 is 0 Å². The molecule has 0 N–H and O–H groups in total. The first-order valence-corrected chi connectivity index (χ1v) is 13.2. The summed E-state index contributed by atoms with van der Waals surface area (Å²) in [5, 5.41) is 0. The first kappa shape index (κ1) is 25.1. The van der Waals surface area contributed by atoms with Gasteiger partial charge in [0, 0.05) is 13.1 Å². The van der Waals surface area contributed by atoms with Crippen LogP contribution in [-0.4, -0.2) is 61.6 Å². The monoisotopic (exact) mass is 498 g/mol. The van der Waals surface area contributed by atoms with E-state index in [1.807, 2.05) is 12.1 Å². The lowest BCUT2D eigenvalue weighted by Gasteiger charge is -2.30. The summed E-state index contributed by atoms with van der Waals surface area (Å²) in [5.74, 6) is -1.65. The number of piperidine rings is 1. The fourth-order valence-corrected chi connectivity index (χ4v) is 5.88. The Labute approximate surface area is 205 Å². The second kappa shape index (κ2) is 9.54. The van der Waals surface area contributed by atoms with Crippen molar-refractivity contribution in [3.8, 4) is 0 Å². The molecule has 0 saturated carbocycles. The Balaban J connectivity index is 1.27. The summed E-state index contributed by atoms with van der Waals surface area (Å²) in [4.78, 5) is 38.7. The van der Waals surface area contributed by atoms with Crippen molar-refractivity contribution in [1.82, 2.24) is 9.21 Å². The molecule has 2 aliphatic rings. The van der Waals surface area contributed by atoms with Gasteiger partial charge in [-0.15, -0.1) is 0 Å². The van der Waals surface area contributed by atoms with Crippen LogP contribution in [0.15, 0.2) is 53.4 Å². The molecule has 0 atom stereocenters. The minimum Gasteiger partial charge on any atom is -0.464 e. The molecule has 2 aromatic carbocycles. The van der Waals surface area contributed by atoms with Crippen molar-refractivity contribution < 1.29 is 27.5 Å². The number of benzene rings is 2. The molecule has 0 spiro atoms. The third-order valence-electron chi connectivity index (χ3n) is 6.58. The van der Waals surface area contributed by atoms with Gasteiger partial charge in [-0.25, -0.2) is 8.42 Å². The standard InChI is InChI=1S/C26H30N2O6S/c1-26(2,3)19-8-10-20(11-9-19)35(32,33)27-14-12-18(13-15-27)25(31)34-17-16-28-23(29)21-6-4-5-7-22(21)24(28)30/h4-11,18H,12-17H2,1-3H3. The van der Waals surface area contributed by atoms with Crippen molar-refractivity contribution in [3.05, 3.63) is 65.2 Å². The minimum absolute atomic E-state index is 0.0180. The minimum atomic E-state index is -3.64. The third kappa shape index (κ3) is 5.01. The molecular formula is C26H30N2O6S. The lowest BCUT2D eigenvalue weighted by molar-refractivity contribution is -0.150. The van der Waals surface area contributed by atoms with Gasteiger partial charge in [0.15, 0.2) is 0 Å². The van der Waals surface area contributed by atoms with Gasteiger partial charge in [-0.05, 0) is 48.1 Å². The zero-order valence-corrected chi connectivity index (χ0v) is 21.0. The van der Waals surface area contributed by atoms with Gasteiger partial charge in [-0.1, -0.05) is 45.0 Å². The maximum absolute atomic E-state index is 13.0. The fourth-order valence-electron chi connectivity index (χ4n) is 4.41. The molecule has 2 aromatic rings. The molecule has 0 unspecified atom stereocenters. The van der Waals surface area contributed by atoms with Crippen LogP contribution in [0.5, 0.6) is 0 Å². The molecule has 2 amide bonds. The van der Waals surface area contributed by atoms with Crippen molar-refractivity contribution in [2.45, 2.75) is 43.9 Å². The second-order valence-corrected chi connectivity index (χ2v) is 11.9. The fraction of sp³-hybridized carbons (Fsp3) is 0.423. The van der Waals surface area contributed by atoms with Gasteiger partial charge in [-0.2, -0.15) is 4.31 Å². The zero-order chi connectivity index (χ0) is 25.4. The number of ether oxygens (including phenoxy) is 1. The highest BCUT2D eigenvalue weighted by Gasteiger charge is 2.36. The number of carbonyl (C=O) groups excluding carboxylic acids is 3. The number of amides is 2. The van der Waals surface area contributed by atoms with Gasteiger partial charge in [-0.3, -0.25) is 19.3 Å². The molecule has 1 saturated heterocycles. The largest absolute Gasteiger partial charge is 0.464 e. The molecule has 0 radical (unpaired) electrons. The molecule has 8 nitrogen and oxygen atoms in total. The molecule has 0 aliphatic carbocycles. The predicted octanol–water partition coefficient (Wildman–Crippen LogP) is 3.22. The molecule has 2 aliphatic heterocycles. The van der Waals surface area contributed by atoms with E-state index in [1.165, 1.54) is 4.31 Å². The van der Waals surface area contributed by atoms with Crippen molar-refractivity contribution in [2.24, 2.45) is 5.92 Å². The number of rotatable bonds is 6. The van der Waals surface area contributed by atoms with E-state index in [9.17, 15) is 22.8 Å². The average molecular weight is 499 g/mol. The van der Waals surface area contributed by atoms with Gasteiger partial charge in [0.05, 0.1) is 28.5 Å². The maximum Gasteiger partial charge on any atom is 0.309 e. The molecule has 9 heteroatoms. The van der Waals surface area contributed by atoms with Gasteiger partial charge < -0.3 is 4.74 Å². The van der Waals surface area contributed by atoms with Crippen LogP contribution >= 0.6 is 0 Å². The Bertz CT molecular complexity index is 1200. The maximum atomic E-state index is 13.0. The topological polar surface area (TPSA) is 101 Å². The van der Waals surface area contributed by atoms with Gasteiger partial charge >= 0.3 is 5.97 Å². The summed E-state index contributed by atoms with van der Waals surface area (Å²) in [6.45, 7) is 6.54. The molecule has 0 aromatic heterocycles. The lowest BCUT2D eigenvalue weighted by atomic mass is 9.87. The summed E-state index contributed by atoms with van der Waals surface area (Å²) in [5.41, 5.74) is 1.69. The predicted molar refractivity (Wildman–Crippen MR) is 129 cm³/mol. The van der Waals surface area contributed by atoms with Gasteiger partial charge in [0.25, 0.3) is 11.8 Å². The number of esters is 1. The van der Waals surface area contributed by atoms with E-state index < -0.39 is 33.7 Å². The van der Waals surface area contributed by atoms with Crippen LogP contribution in [0, 0.1) is 5.92 Å². The quantitative estimate of drug-likeness (QED) is 0.448. The summed E-state index contributed by atoms with van der Waals surface area (Å²) >= 11 is 0. The highest BCUT2D eigenvalue weighted by atomic mass is 32.2. The Morgan fingerprint density at radius 1 is 0.943 bits per heavy atom. The molecule has 35 heavy (non-hydrogen) atoms. The summed E-state index contributed by atoms with van der Waals surface area (Å²) in [6, 6.07) is 13.5. The van der Waals surface area contributed by atoms with Crippen LogP contribution in [0.4, 0.5) is 0 Å². The first-order chi connectivity index (χ1) is 16.5. The number of imide groups is 1. The summed E-state index contributed by atoms with van der Waals surface area (Å²) in [7, 11) is -3.64. The number of carbonyl (C=O) groups is 3. The highest BCUT2D eigenvalue weighted by molar-refractivity contribution is 7.89. The van der Waals surface area contributed by atoms with Crippen LogP contribution in [0.25, 0.3) is 0 Å². The van der Waals surface area contributed by atoms with E-state index in [2.05, 4.69) is 20.8 Å².